The molecular formula is C13H27N3O. The zero-order chi connectivity index (χ0) is 12.7. The average Bonchev–Trinajstić information content (AvgIpc) is 2.68. The van der Waals surface area contributed by atoms with E-state index in [0.29, 0.717) is 18.5 Å². The lowest BCUT2D eigenvalue weighted by atomic mass is 10.1. The van der Waals surface area contributed by atoms with Gasteiger partial charge >= 0.3 is 0 Å². The molecule has 1 amide bonds. The number of nitrogens with one attached hydrogen (secondary N) is 1. The van der Waals surface area contributed by atoms with Gasteiger partial charge in [-0.1, -0.05) is 13.8 Å². The number of nitrogens with two attached hydrogens (primary N) is 1. The maximum Gasteiger partial charge on any atom is 0.231 e. The summed E-state index contributed by atoms with van der Waals surface area (Å²) in [6.45, 7) is 7.86. The van der Waals surface area contributed by atoms with Crippen molar-refractivity contribution in [2.45, 2.75) is 45.6 Å². The van der Waals surface area contributed by atoms with Gasteiger partial charge in [0.1, 0.15) is 0 Å². The highest BCUT2D eigenvalue weighted by atomic mass is 16.1. The van der Waals surface area contributed by atoms with Crippen molar-refractivity contribution in [1.82, 2.24) is 10.2 Å². The Morgan fingerprint density at radius 3 is 2.82 bits per heavy atom. The summed E-state index contributed by atoms with van der Waals surface area (Å²) >= 11 is 0. The molecule has 1 heterocycles. The number of hydrogen-bond acceptors (Lipinski definition) is 3. The van der Waals surface area contributed by atoms with Gasteiger partial charge in [0.25, 0.3) is 0 Å². The van der Waals surface area contributed by atoms with Crippen LogP contribution in [0.5, 0.6) is 0 Å². The van der Waals surface area contributed by atoms with Gasteiger partial charge < -0.3 is 11.1 Å². The number of nitrogens with zero attached hydrogens (tertiary/aromatic N) is 1. The third-order valence-corrected chi connectivity index (χ3v) is 3.19. The molecule has 3 N–H and O–H groups in total. The van der Waals surface area contributed by atoms with Gasteiger partial charge in [0.05, 0.1) is 6.54 Å². The lowest BCUT2D eigenvalue weighted by molar-refractivity contribution is -0.119. The monoisotopic (exact) mass is 241 g/mol. The molecule has 100 valence electrons. The number of carbonyl (C=O) groups excluding carboxylic acids is 1. The molecule has 4 nitrogen and oxygen atoms in total. The Hall–Kier alpha value is -0.610. The second-order valence-corrected chi connectivity index (χ2v) is 5.53. The molecule has 0 saturated carbocycles. The van der Waals surface area contributed by atoms with Crippen LogP contribution in [0.1, 0.15) is 39.5 Å². The lowest BCUT2D eigenvalue weighted by Crippen LogP contribution is -2.37. The Balaban J connectivity index is 2.19. The number of amides is 1. The molecule has 0 aromatic rings. The molecule has 1 aliphatic rings. The highest BCUT2D eigenvalue weighted by Crippen LogP contribution is 2.11. The highest BCUT2D eigenvalue weighted by Gasteiger charge is 2.15. The molecule has 0 bridgehead atoms. The normalized spacial score (nSPS) is 20.4. The number of primary amides is 1. The summed E-state index contributed by atoms with van der Waals surface area (Å²) in [6, 6.07) is 0.699. The third kappa shape index (κ3) is 6.64. The van der Waals surface area contributed by atoms with Crippen molar-refractivity contribution in [3.8, 4) is 0 Å². The smallest absolute Gasteiger partial charge is 0.231 e. The second kappa shape index (κ2) is 7.67. The molecule has 1 unspecified atom stereocenters. The highest BCUT2D eigenvalue weighted by molar-refractivity contribution is 5.75. The van der Waals surface area contributed by atoms with Gasteiger partial charge in [-0.05, 0) is 44.7 Å². The average molecular weight is 241 g/mol. The van der Waals surface area contributed by atoms with Crippen molar-refractivity contribution >= 4 is 5.91 Å². The first-order valence-electron chi connectivity index (χ1n) is 6.82. The molecular weight excluding hydrogens is 214 g/mol. The third-order valence-electron chi connectivity index (χ3n) is 3.19. The summed E-state index contributed by atoms with van der Waals surface area (Å²) in [7, 11) is 0. The van der Waals surface area contributed by atoms with Gasteiger partial charge in [-0.25, -0.2) is 0 Å². The fourth-order valence-corrected chi connectivity index (χ4v) is 2.54. The number of hydrogen-bond donors (Lipinski definition) is 2. The molecule has 1 rings (SSSR count). The topological polar surface area (TPSA) is 58.4 Å². The predicted molar refractivity (Wildman–Crippen MR) is 70.7 cm³/mol. The van der Waals surface area contributed by atoms with E-state index in [2.05, 4.69) is 24.1 Å². The van der Waals surface area contributed by atoms with E-state index >= 15 is 0 Å². The Labute approximate surface area is 105 Å². The number of carbonyl (C=O) groups is 1. The van der Waals surface area contributed by atoms with E-state index in [0.717, 1.165) is 19.5 Å². The summed E-state index contributed by atoms with van der Waals surface area (Å²) in [5.74, 6) is 0.364. The predicted octanol–water partition coefficient (Wildman–Crippen LogP) is 0.962. The first-order chi connectivity index (χ1) is 8.08. The summed E-state index contributed by atoms with van der Waals surface area (Å²) in [4.78, 5) is 13.2. The van der Waals surface area contributed by atoms with Crippen LogP contribution in [0, 0.1) is 5.92 Å². The van der Waals surface area contributed by atoms with Gasteiger partial charge in [-0.3, -0.25) is 9.69 Å². The van der Waals surface area contributed by atoms with E-state index in [1.165, 1.54) is 25.8 Å². The molecule has 1 aliphatic heterocycles. The molecule has 0 spiro atoms. The minimum absolute atomic E-state index is 0.218. The van der Waals surface area contributed by atoms with Gasteiger partial charge in [0.15, 0.2) is 0 Å². The van der Waals surface area contributed by atoms with Crippen LogP contribution in [-0.2, 0) is 4.79 Å². The number of rotatable bonds is 8. The molecule has 17 heavy (non-hydrogen) atoms. The van der Waals surface area contributed by atoms with Crippen LogP contribution >= 0.6 is 0 Å². The van der Waals surface area contributed by atoms with Crippen LogP contribution in [0.25, 0.3) is 0 Å². The van der Waals surface area contributed by atoms with E-state index in [4.69, 9.17) is 5.73 Å². The van der Waals surface area contributed by atoms with Crippen LogP contribution in [0.2, 0.25) is 0 Å². The summed E-state index contributed by atoms with van der Waals surface area (Å²) in [6.07, 6.45) is 4.98. The summed E-state index contributed by atoms with van der Waals surface area (Å²) < 4.78 is 0. The van der Waals surface area contributed by atoms with Crippen LogP contribution in [0.4, 0.5) is 0 Å². The second-order valence-electron chi connectivity index (χ2n) is 5.53. The van der Waals surface area contributed by atoms with E-state index in [1.54, 1.807) is 0 Å². The Bertz CT molecular complexity index is 225. The molecule has 1 atom stereocenters. The van der Waals surface area contributed by atoms with E-state index in [-0.39, 0.29) is 5.91 Å². The standard InChI is InChI=1S/C13H27N3O/c1-11(2)9-16(10-13(14)17)8-4-6-12-5-3-7-15-12/h11-12,15H,3-10H2,1-2H3,(H2,14,17). The van der Waals surface area contributed by atoms with E-state index in [1.807, 2.05) is 0 Å². The quantitative estimate of drug-likeness (QED) is 0.665. The van der Waals surface area contributed by atoms with Crippen molar-refractivity contribution in [3.63, 3.8) is 0 Å². The van der Waals surface area contributed by atoms with Gasteiger partial charge in [-0.2, -0.15) is 0 Å². The van der Waals surface area contributed by atoms with Crippen molar-refractivity contribution < 1.29 is 4.79 Å². The zero-order valence-electron chi connectivity index (χ0n) is 11.2. The van der Waals surface area contributed by atoms with Crippen molar-refractivity contribution in [1.29, 1.82) is 0 Å². The molecule has 0 aromatic carbocycles. The van der Waals surface area contributed by atoms with Crippen molar-refractivity contribution in [2.24, 2.45) is 11.7 Å². The minimum Gasteiger partial charge on any atom is -0.369 e. The maximum atomic E-state index is 11.0. The molecule has 0 aliphatic carbocycles. The van der Waals surface area contributed by atoms with Gasteiger partial charge in [0.2, 0.25) is 5.91 Å². The first kappa shape index (κ1) is 14.5. The van der Waals surface area contributed by atoms with E-state index in [9.17, 15) is 4.79 Å². The van der Waals surface area contributed by atoms with Crippen molar-refractivity contribution in [3.05, 3.63) is 0 Å². The fraction of sp³-hybridized carbons (Fsp3) is 0.923. The van der Waals surface area contributed by atoms with E-state index < -0.39 is 0 Å². The molecule has 1 fully saturated rings. The minimum atomic E-state index is -0.218. The Kier molecular flexibility index (Phi) is 6.52. The van der Waals surface area contributed by atoms with Crippen LogP contribution in [0.3, 0.4) is 0 Å². The SMILES string of the molecule is CC(C)CN(CCCC1CCCN1)CC(N)=O. The largest absolute Gasteiger partial charge is 0.369 e. The fourth-order valence-electron chi connectivity index (χ4n) is 2.54. The molecule has 4 heteroatoms. The first-order valence-corrected chi connectivity index (χ1v) is 6.82. The molecule has 0 radical (unpaired) electrons. The van der Waals surface area contributed by atoms with Crippen LogP contribution < -0.4 is 11.1 Å². The van der Waals surface area contributed by atoms with Gasteiger partial charge in [-0.15, -0.1) is 0 Å². The van der Waals surface area contributed by atoms with Crippen LogP contribution in [0.15, 0.2) is 0 Å². The molecule has 0 aromatic heterocycles. The Morgan fingerprint density at radius 2 is 2.29 bits per heavy atom. The van der Waals surface area contributed by atoms with Crippen LogP contribution in [-0.4, -0.2) is 43.0 Å². The summed E-state index contributed by atoms with van der Waals surface area (Å²) in [5, 5.41) is 3.50. The lowest BCUT2D eigenvalue weighted by Gasteiger charge is -2.23. The zero-order valence-corrected chi connectivity index (χ0v) is 11.2. The maximum absolute atomic E-state index is 11.0. The van der Waals surface area contributed by atoms with Crippen molar-refractivity contribution in [2.75, 3.05) is 26.2 Å². The van der Waals surface area contributed by atoms with Gasteiger partial charge in [0, 0.05) is 12.6 Å². The molecule has 1 saturated heterocycles. The summed E-state index contributed by atoms with van der Waals surface area (Å²) in [5.41, 5.74) is 5.27. The Morgan fingerprint density at radius 1 is 1.53 bits per heavy atom.